The molecular weight excluding hydrogens is 380 g/mol. The van der Waals surface area contributed by atoms with Gasteiger partial charge in [0, 0.05) is 37.5 Å². The van der Waals surface area contributed by atoms with E-state index in [9.17, 15) is 9.59 Å². The lowest BCUT2D eigenvalue weighted by Crippen LogP contribution is -2.14. The summed E-state index contributed by atoms with van der Waals surface area (Å²) in [6.07, 6.45) is 0.362. The van der Waals surface area contributed by atoms with Crippen LogP contribution < -0.4 is 5.32 Å². The SMILES string of the molecule is COCC(C)CC(=O)c1cc(NC(=O)c2cc(C)on2)cc(-c2ccc(C)cc2)c1. The van der Waals surface area contributed by atoms with Crippen molar-refractivity contribution in [1.82, 2.24) is 5.16 Å². The summed E-state index contributed by atoms with van der Waals surface area (Å²) in [7, 11) is 1.62. The maximum absolute atomic E-state index is 12.9. The monoisotopic (exact) mass is 406 g/mol. The average molecular weight is 406 g/mol. The number of carbonyl (C=O) groups excluding carboxylic acids is 2. The topological polar surface area (TPSA) is 81.4 Å². The molecule has 6 nitrogen and oxygen atoms in total. The zero-order valence-corrected chi connectivity index (χ0v) is 17.7. The lowest BCUT2D eigenvalue weighted by Gasteiger charge is -2.13. The number of hydrogen-bond donors (Lipinski definition) is 1. The number of ether oxygens (including phenoxy) is 1. The molecule has 0 aliphatic carbocycles. The van der Waals surface area contributed by atoms with Crippen LogP contribution in [0.5, 0.6) is 0 Å². The fourth-order valence-corrected chi connectivity index (χ4v) is 3.22. The molecule has 0 saturated heterocycles. The number of methoxy groups -OCH3 is 1. The summed E-state index contributed by atoms with van der Waals surface area (Å²) in [5.41, 5.74) is 4.23. The number of aromatic nitrogens is 1. The van der Waals surface area contributed by atoms with Gasteiger partial charge in [-0.1, -0.05) is 41.9 Å². The first-order valence-corrected chi connectivity index (χ1v) is 9.84. The Balaban J connectivity index is 1.94. The Morgan fingerprint density at radius 3 is 2.43 bits per heavy atom. The highest BCUT2D eigenvalue weighted by Gasteiger charge is 2.16. The van der Waals surface area contributed by atoms with Crippen LogP contribution >= 0.6 is 0 Å². The number of benzene rings is 2. The Morgan fingerprint density at radius 1 is 1.07 bits per heavy atom. The van der Waals surface area contributed by atoms with Crippen molar-refractivity contribution >= 4 is 17.4 Å². The quantitative estimate of drug-likeness (QED) is 0.529. The number of nitrogens with zero attached hydrogens (tertiary/aromatic N) is 1. The highest BCUT2D eigenvalue weighted by atomic mass is 16.5. The molecule has 0 fully saturated rings. The van der Waals surface area contributed by atoms with Crippen molar-refractivity contribution in [2.45, 2.75) is 27.2 Å². The lowest BCUT2D eigenvalue weighted by molar-refractivity contribution is 0.0919. The number of Topliss-reactive ketones (excluding diaryl/α,β-unsaturated/α-hetero) is 1. The molecule has 6 heteroatoms. The first kappa shape index (κ1) is 21.5. The first-order valence-electron chi connectivity index (χ1n) is 9.84. The number of amides is 1. The Kier molecular flexibility index (Phi) is 6.79. The van der Waals surface area contributed by atoms with E-state index in [1.165, 1.54) is 0 Å². The molecule has 3 aromatic rings. The molecule has 3 rings (SSSR count). The summed E-state index contributed by atoms with van der Waals surface area (Å²) in [4.78, 5) is 25.4. The van der Waals surface area contributed by atoms with Crippen molar-refractivity contribution in [2.24, 2.45) is 5.92 Å². The highest BCUT2D eigenvalue weighted by Crippen LogP contribution is 2.27. The van der Waals surface area contributed by atoms with Crippen LogP contribution in [-0.2, 0) is 4.74 Å². The lowest BCUT2D eigenvalue weighted by atomic mass is 9.95. The van der Waals surface area contributed by atoms with Gasteiger partial charge in [-0.3, -0.25) is 9.59 Å². The molecule has 156 valence electrons. The van der Waals surface area contributed by atoms with Crippen LogP contribution in [0.4, 0.5) is 5.69 Å². The molecule has 0 radical (unpaired) electrons. The summed E-state index contributed by atoms with van der Waals surface area (Å²) in [6.45, 7) is 6.23. The van der Waals surface area contributed by atoms with Crippen molar-refractivity contribution in [3.05, 3.63) is 71.1 Å². The van der Waals surface area contributed by atoms with Crippen molar-refractivity contribution < 1.29 is 18.8 Å². The third-order valence-corrected chi connectivity index (χ3v) is 4.74. The minimum absolute atomic E-state index is 0.00120. The van der Waals surface area contributed by atoms with Gasteiger partial charge in [0.25, 0.3) is 5.91 Å². The Hall–Kier alpha value is -3.25. The first-order chi connectivity index (χ1) is 14.4. The molecule has 1 amide bonds. The van der Waals surface area contributed by atoms with Gasteiger partial charge in [-0.25, -0.2) is 0 Å². The smallest absolute Gasteiger partial charge is 0.277 e. The van der Waals surface area contributed by atoms with Gasteiger partial charge >= 0.3 is 0 Å². The van der Waals surface area contributed by atoms with Crippen LogP contribution in [-0.4, -0.2) is 30.6 Å². The zero-order valence-electron chi connectivity index (χ0n) is 17.7. The van der Waals surface area contributed by atoms with Gasteiger partial charge in [0.05, 0.1) is 0 Å². The van der Waals surface area contributed by atoms with Gasteiger partial charge in [0.1, 0.15) is 5.76 Å². The number of aryl methyl sites for hydroxylation is 2. The van der Waals surface area contributed by atoms with E-state index in [1.54, 1.807) is 26.2 Å². The van der Waals surface area contributed by atoms with E-state index in [2.05, 4.69) is 10.5 Å². The van der Waals surface area contributed by atoms with Gasteiger partial charge in [-0.05, 0) is 49.1 Å². The predicted molar refractivity (Wildman–Crippen MR) is 116 cm³/mol. The number of hydrogen-bond acceptors (Lipinski definition) is 5. The number of ketones is 1. The Bertz CT molecular complexity index is 1040. The predicted octanol–water partition coefficient (Wildman–Crippen LogP) is 5.07. The molecule has 0 spiro atoms. The molecule has 1 heterocycles. The summed E-state index contributed by atoms with van der Waals surface area (Å²) >= 11 is 0. The van der Waals surface area contributed by atoms with E-state index in [4.69, 9.17) is 9.26 Å². The molecule has 0 aliphatic heterocycles. The summed E-state index contributed by atoms with van der Waals surface area (Å²) in [5.74, 6) is 0.263. The van der Waals surface area contributed by atoms with E-state index in [-0.39, 0.29) is 23.3 Å². The normalized spacial score (nSPS) is 11.9. The van der Waals surface area contributed by atoms with E-state index in [1.807, 2.05) is 50.2 Å². The van der Waals surface area contributed by atoms with E-state index >= 15 is 0 Å². The molecule has 1 atom stereocenters. The van der Waals surface area contributed by atoms with Crippen LogP contribution in [0.15, 0.2) is 53.1 Å². The molecule has 0 bridgehead atoms. The zero-order chi connectivity index (χ0) is 21.7. The average Bonchev–Trinajstić information content (AvgIpc) is 3.15. The van der Waals surface area contributed by atoms with Gasteiger partial charge in [0.2, 0.25) is 0 Å². The van der Waals surface area contributed by atoms with Crippen LogP contribution in [0.25, 0.3) is 11.1 Å². The third kappa shape index (κ3) is 5.42. The second-order valence-electron chi connectivity index (χ2n) is 7.63. The van der Waals surface area contributed by atoms with Gasteiger partial charge in [-0.2, -0.15) is 0 Å². The maximum atomic E-state index is 12.9. The Labute approximate surface area is 176 Å². The van der Waals surface area contributed by atoms with Gasteiger partial charge in [-0.15, -0.1) is 0 Å². The minimum atomic E-state index is -0.390. The number of anilines is 1. The second kappa shape index (κ2) is 9.50. The molecule has 2 aromatic carbocycles. The Morgan fingerprint density at radius 2 is 1.80 bits per heavy atom. The fraction of sp³-hybridized carbons (Fsp3) is 0.292. The highest BCUT2D eigenvalue weighted by molar-refractivity contribution is 6.05. The summed E-state index contributed by atoms with van der Waals surface area (Å²) in [5, 5.41) is 6.58. The van der Waals surface area contributed by atoms with Gasteiger partial charge in [0.15, 0.2) is 11.5 Å². The molecule has 30 heavy (non-hydrogen) atoms. The second-order valence-corrected chi connectivity index (χ2v) is 7.63. The number of carbonyl (C=O) groups is 2. The van der Waals surface area contributed by atoms with Crippen LogP contribution in [0.1, 0.15) is 45.5 Å². The molecule has 1 N–H and O–H groups in total. The number of nitrogens with one attached hydrogen (secondary N) is 1. The fourth-order valence-electron chi connectivity index (χ4n) is 3.22. The molecule has 1 aromatic heterocycles. The van der Waals surface area contributed by atoms with Crippen LogP contribution in [0, 0.1) is 19.8 Å². The molecule has 0 aliphatic rings. The summed E-state index contributed by atoms with van der Waals surface area (Å²) < 4.78 is 10.1. The molecule has 1 unspecified atom stereocenters. The van der Waals surface area contributed by atoms with Crippen molar-refractivity contribution in [3.8, 4) is 11.1 Å². The van der Waals surface area contributed by atoms with Crippen LogP contribution in [0.3, 0.4) is 0 Å². The van der Waals surface area contributed by atoms with Crippen molar-refractivity contribution in [1.29, 1.82) is 0 Å². The van der Waals surface area contributed by atoms with Crippen molar-refractivity contribution in [3.63, 3.8) is 0 Å². The minimum Gasteiger partial charge on any atom is -0.384 e. The van der Waals surface area contributed by atoms with Crippen molar-refractivity contribution in [2.75, 3.05) is 19.0 Å². The van der Waals surface area contributed by atoms with Gasteiger partial charge < -0.3 is 14.6 Å². The van der Waals surface area contributed by atoms with E-state index in [0.29, 0.717) is 30.0 Å². The summed E-state index contributed by atoms with van der Waals surface area (Å²) in [6, 6.07) is 15.0. The van der Waals surface area contributed by atoms with E-state index < -0.39 is 0 Å². The third-order valence-electron chi connectivity index (χ3n) is 4.74. The molecule has 0 saturated carbocycles. The maximum Gasteiger partial charge on any atom is 0.277 e. The largest absolute Gasteiger partial charge is 0.384 e. The molecular formula is C24H26N2O4. The standard InChI is InChI=1S/C24H26N2O4/c1-15-5-7-18(8-6-15)19-11-20(23(27)9-16(2)14-29-4)13-21(12-19)25-24(28)22-10-17(3)30-26-22/h5-8,10-13,16H,9,14H2,1-4H3,(H,25,28). The van der Waals surface area contributed by atoms with E-state index in [0.717, 1.165) is 16.7 Å². The van der Waals surface area contributed by atoms with Crippen LogP contribution in [0.2, 0.25) is 0 Å². The number of rotatable bonds is 8.